The lowest BCUT2D eigenvalue weighted by Crippen LogP contribution is -1.96. The molecule has 0 spiro atoms. The number of ether oxygens (including phenoxy) is 2. The molecule has 0 heterocycles. The topological polar surface area (TPSA) is 140 Å². The lowest BCUT2D eigenvalue weighted by Gasteiger charge is -2.13. The summed E-state index contributed by atoms with van der Waals surface area (Å²) in [5, 5.41) is 61.0. The van der Waals surface area contributed by atoms with E-state index in [-0.39, 0.29) is 46.0 Å². The number of hydrogen-bond donors (Lipinski definition) is 6. The van der Waals surface area contributed by atoms with Crippen LogP contribution in [-0.2, 0) is 38.5 Å². The minimum Gasteiger partial charge on any atom is -0.508 e. The molecule has 6 N–H and O–H groups in total. The summed E-state index contributed by atoms with van der Waals surface area (Å²) in [6.07, 6.45) is 3.71. The Labute approximate surface area is 290 Å². The molecule has 0 aliphatic rings. The van der Waals surface area contributed by atoms with Gasteiger partial charge in [-0.15, -0.1) is 0 Å². The number of aryl methyl sites for hydroxylation is 6. The van der Waals surface area contributed by atoms with Gasteiger partial charge in [0.15, 0.2) is 23.0 Å². The van der Waals surface area contributed by atoms with Gasteiger partial charge in [-0.05, 0) is 133 Å². The van der Waals surface area contributed by atoms with E-state index in [0.29, 0.717) is 61.2 Å². The Morgan fingerprint density at radius 2 is 0.720 bits per heavy atom. The third kappa shape index (κ3) is 8.79. The number of aromatic hydroxyl groups is 6. The Kier molecular flexibility index (Phi) is 10.3. The third-order valence-corrected chi connectivity index (χ3v) is 8.51. The van der Waals surface area contributed by atoms with Crippen molar-refractivity contribution in [3.63, 3.8) is 0 Å². The minimum atomic E-state index is -0.165. The van der Waals surface area contributed by atoms with Crippen LogP contribution < -0.4 is 9.47 Å². The zero-order valence-corrected chi connectivity index (χ0v) is 27.3. The van der Waals surface area contributed by atoms with E-state index in [1.54, 1.807) is 36.4 Å². The monoisotopic (exact) mass is 670 g/mol. The number of phenols is 6. The van der Waals surface area contributed by atoms with Gasteiger partial charge >= 0.3 is 0 Å². The van der Waals surface area contributed by atoms with Gasteiger partial charge in [0.1, 0.15) is 34.5 Å². The molecule has 0 fully saturated rings. The first-order chi connectivity index (χ1) is 24.2. The first-order valence-corrected chi connectivity index (χ1v) is 16.4. The Balaban J connectivity index is 1.08. The fourth-order valence-corrected chi connectivity index (χ4v) is 5.72. The molecule has 0 aliphatic carbocycles. The molecule has 0 bridgehead atoms. The lowest BCUT2D eigenvalue weighted by molar-refractivity contribution is 0.400. The van der Waals surface area contributed by atoms with E-state index in [9.17, 15) is 30.6 Å². The molecular weight excluding hydrogens is 632 g/mol. The van der Waals surface area contributed by atoms with Gasteiger partial charge < -0.3 is 40.1 Å². The van der Waals surface area contributed by atoms with Crippen molar-refractivity contribution >= 4 is 0 Å². The summed E-state index contributed by atoms with van der Waals surface area (Å²) in [5.74, 6) is 1.62. The second-order valence-corrected chi connectivity index (χ2v) is 12.2. The molecule has 0 saturated heterocycles. The van der Waals surface area contributed by atoms with E-state index >= 15 is 0 Å². The summed E-state index contributed by atoms with van der Waals surface area (Å²) < 4.78 is 12.1. The predicted octanol–water partition coefficient (Wildman–Crippen LogP) is 8.86. The zero-order chi connectivity index (χ0) is 35.0. The molecule has 6 aromatic rings. The first-order valence-electron chi connectivity index (χ1n) is 16.4. The highest BCUT2D eigenvalue weighted by molar-refractivity contribution is 5.52. The number of benzene rings is 6. The number of hydrogen-bond acceptors (Lipinski definition) is 8. The third-order valence-electron chi connectivity index (χ3n) is 8.51. The molecule has 6 aromatic carbocycles. The van der Waals surface area contributed by atoms with E-state index < -0.39 is 0 Å². The van der Waals surface area contributed by atoms with Gasteiger partial charge in [-0.2, -0.15) is 0 Å². The highest BCUT2D eigenvalue weighted by Crippen LogP contribution is 2.38. The molecule has 0 atom stereocenters. The molecule has 0 saturated carbocycles. The summed E-state index contributed by atoms with van der Waals surface area (Å²) in [6, 6.07) is 34.9. The fraction of sp³-hybridized carbons (Fsp3) is 0.143. The van der Waals surface area contributed by atoms with Crippen LogP contribution in [0.5, 0.6) is 57.5 Å². The van der Waals surface area contributed by atoms with Crippen molar-refractivity contribution in [1.29, 1.82) is 0 Å². The van der Waals surface area contributed by atoms with Gasteiger partial charge in [-0.1, -0.05) is 48.5 Å². The molecule has 0 radical (unpaired) electrons. The van der Waals surface area contributed by atoms with Crippen molar-refractivity contribution in [2.24, 2.45) is 0 Å². The van der Waals surface area contributed by atoms with E-state index in [4.69, 9.17) is 9.47 Å². The van der Waals surface area contributed by atoms with Crippen molar-refractivity contribution < 1.29 is 40.1 Å². The standard InChI is InChI=1S/C42H38O8/c43-33-17-11-27(12-18-33)9-15-31-23-41(39(47)25-37(31)45)49-35-5-1-3-29(21-35)7-8-30-4-2-6-36(22-30)50-42-24-32(38(46)26-40(42)48)16-10-28-13-19-34(44)20-14-28/h1-6,11-14,17-26,43-48H,7-10,15-16H2. The maximum atomic E-state index is 10.5. The average molecular weight is 671 g/mol. The Bertz CT molecular complexity index is 1920. The number of rotatable bonds is 13. The van der Waals surface area contributed by atoms with E-state index in [2.05, 4.69) is 0 Å². The van der Waals surface area contributed by atoms with E-state index in [0.717, 1.165) is 22.3 Å². The molecule has 0 amide bonds. The largest absolute Gasteiger partial charge is 0.508 e. The van der Waals surface area contributed by atoms with Crippen molar-refractivity contribution in [3.8, 4) is 57.5 Å². The van der Waals surface area contributed by atoms with Crippen LogP contribution in [-0.4, -0.2) is 30.6 Å². The van der Waals surface area contributed by atoms with Gasteiger partial charge in [0.05, 0.1) is 0 Å². The van der Waals surface area contributed by atoms with Crippen LogP contribution in [0.2, 0.25) is 0 Å². The summed E-state index contributed by atoms with van der Waals surface area (Å²) in [6.45, 7) is 0. The van der Waals surface area contributed by atoms with Gasteiger partial charge in [0, 0.05) is 12.1 Å². The lowest BCUT2D eigenvalue weighted by atomic mass is 10.0. The second kappa shape index (κ2) is 15.3. The van der Waals surface area contributed by atoms with Crippen molar-refractivity contribution in [1.82, 2.24) is 0 Å². The van der Waals surface area contributed by atoms with Crippen molar-refractivity contribution in [2.45, 2.75) is 38.5 Å². The van der Waals surface area contributed by atoms with Crippen molar-refractivity contribution in [2.75, 3.05) is 0 Å². The minimum absolute atomic E-state index is 0.0136. The van der Waals surface area contributed by atoms with Crippen LogP contribution in [0.3, 0.4) is 0 Å². The van der Waals surface area contributed by atoms with Crippen LogP contribution in [0.15, 0.2) is 121 Å². The Morgan fingerprint density at radius 3 is 1.12 bits per heavy atom. The van der Waals surface area contributed by atoms with Gasteiger partial charge in [-0.3, -0.25) is 0 Å². The molecule has 8 nitrogen and oxygen atoms in total. The molecule has 0 unspecified atom stereocenters. The molecule has 6 rings (SSSR count). The van der Waals surface area contributed by atoms with Gasteiger partial charge in [-0.25, -0.2) is 0 Å². The molecule has 0 aliphatic heterocycles. The summed E-state index contributed by atoms with van der Waals surface area (Å²) in [5.41, 5.74) is 5.33. The van der Waals surface area contributed by atoms with Crippen LogP contribution in [0.4, 0.5) is 0 Å². The van der Waals surface area contributed by atoms with Crippen molar-refractivity contribution in [3.05, 3.63) is 155 Å². The smallest absolute Gasteiger partial charge is 0.169 e. The Hall–Kier alpha value is -6.28. The molecule has 50 heavy (non-hydrogen) atoms. The van der Waals surface area contributed by atoms with E-state index in [1.807, 2.05) is 72.8 Å². The quantitative estimate of drug-likeness (QED) is 0.0716. The average Bonchev–Trinajstić information content (AvgIpc) is 3.10. The number of phenolic OH excluding ortho intramolecular Hbond substituents is 6. The normalized spacial score (nSPS) is 11.0. The SMILES string of the molecule is Oc1ccc(CCc2cc(Oc3cccc(CCc4cccc(Oc5cc(CCc6ccc(O)cc6)c(O)cc5O)c4)c3)c(O)cc2O)cc1. The van der Waals surface area contributed by atoms with Crippen LogP contribution in [0.25, 0.3) is 0 Å². The van der Waals surface area contributed by atoms with Crippen LogP contribution >= 0.6 is 0 Å². The molecule has 0 aromatic heterocycles. The Morgan fingerprint density at radius 1 is 0.340 bits per heavy atom. The second-order valence-electron chi connectivity index (χ2n) is 12.2. The maximum absolute atomic E-state index is 10.5. The predicted molar refractivity (Wildman–Crippen MR) is 191 cm³/mol. The summed E-state index contributed by atoms with van der Waals surface area (Å²) in [7, 11) is 0. The maximum Gasteiger partial charge on any atom is 0.169 e. The molecule has 254 valence electrons. The van der Waals surface area contributed by atoms with E-state index in [1.165, 1.54) is 12.1 Å². The summed E-state index contributed by atoms with van der Waals surface area (Å²) in [4.78, 5) is 0. The van der Waals surface area contributed by atoms with Crippen LogP contribution in [0.1, 0.15) is 33.4 Å². The first kappa shape index (κ1) is 33.6. The van der Waals surface area contributed by atoms with Gasteiger partial charge in [0.25, 0.3) is 0 Å². The fourth-order valence-electron chi connectivity index (χ4n) is 5.72. The zero-order valence-electron chi connectivity index (χ0n) is 27.3. The van der Waals surface area contributed by atoms with Crippen LogP contribution in [0, 0.1) is 0 Å². The molecule has 8 heteroatoms. The highest BCUT2D eigenvalue weighted by atomic mass is 16.5. The summed E-state index contributed by atoms with van der Waals surface area (Å²) >= 11 is 0. The highest BCUT2D eigenvalue weighted by Gasteiger charge is 2.14. The van der Waals surface area contributed by atoms with Gasteiger partial charge in [0.2, 0.25) is 0 Å². The molecular formula is C42H38O8.